The fraction of sp³-hybridized carbons (Fsp3) is 0.480. The maximum absolute atomic E-state index is 13.0. The zero-order valence-electron chi connectivity index (χ0n) is 19.2. The number of nitrogens with zero attached hydrogens (tertiary/aromatic N) is 5. The van der Waals surface area contributed by atoms with Gasteiger partial charge in [-0.3, -0.25) is 9.78 Å². The number of fused-ring (bicyclic) bond motifs is 1. The van der Waals surface area contributed by atoms with Crippen LogP contribution in [-0.4, -0.2) is 51.9 Å². The van der Waals surface area contributed by atoms with Gasteiger partial charge in [0.05, 0.1) is 29.7 Å². The van der Waals surface area contributed by atoms with E-state index in [1.54, 1.807) is 11.1 Å². The van der Waals surface area contributed by atoms with Gasteiger partial charge >= 0.3 is 0 Å². The van der Waals surface area contributed by atoms with Crippen molar-refractivity contribution < 1.29 is 4.79 Å². The first-order chi connectivity index (χ1) is 15.7. The second-order valence-electron chi connectivity index (χ2n) is 9.25. The molecule has 0 spiro atoms. The summed E-state index contributed by atoms with van der Waals surface area (Å²) < 4.78 is 2.06. The molecule has 4 heterocycles. The van der Waals surface area contributed by atoms with Gasteiger partial charge in [0.1, 0.15) is 5.65 Å². The Kier molecular flexibility index (Phi) is 7.50. The number of carbonyl (C=O) groups excluding carboxylic acids is 1. The van der Waals surface area contributed by atoms with Crippen LogP contribution in [0.2, 0.25) is 0 Å². The van der Waals surface area contributed by atoms with Crippen molar-refractivity contribution in [2.24, 2.45) is 5.92 Å². The second kappa shape index (κ2) is 10.5. The van der Waals surface area contributed by atoms with Gasteiger partial charge < -0.3 is 19.5 Å². The number of hydrogen-bond acceptors (Lipinski definition) is 5. The highest BCUT2D eigenvalue weighted by Gasteiger charge is 2.18. The first-order valence-corrected chi connectivity index (χ1v) is 11.8. The molecule has 8 heteroatoms. The number of anilines is 1. The topological polar surface area (TPSA) is 65.8 Å². The molecule has 1 amide bonds. The normalized spacial score (nSPS) is 16.0. The third-order valence-electron chi connectivity index (χ3n) is 6.74. The van der Waals surface area contributed by atoms with Gasteiger partial charge in [0.2, 0.25) is 0 Å². The van der Waals surface area contributed by atoms with E-state index in [0.29, 0.717) is 12.1 Å². The van der Waals surface area contributed by atoms with E-state index in [2.05, 4.69) is 37.9 Å². The number of imidazole rings is 1. The Morgan fingerprint density at radius 2 is 1.97 bits per heavy atom. The minimum atomic E-state index is -0.0310. The van der Waals surface area contributed by atoms with Crippen molar-refractivity contribution in [2.45, 2.75) is 45.2 Å². The molecule has 1 saturated heterocycles. The molecule has 1 saturated carbocycles. The molecule has 0 radical (unpaired) electrons. The van der Waals surface area contributed by atoms with E-state index in [4.69, 9.17) is 4.98 Å². The summed E-state index contributed by atoms with van der Waals surface area (Å²) in [5.74, 6) is 0.828. The Bertz CT molecular complexity index is 1090. The van der Waals surface area contributed by atoms with Crippen LogP contribution in [0.25, 0.3) is 5.65 Å². The molecule has 1 aliphatic carbocycles. The zero-order chi connectivity index (χ0) is 21.9. The van der Waals surface area contributed by atoms with Gasteiger partial charge in [0.25, 0.3) is 5.91 Å². The van der Waals surface area contributed by atoms with Crippen LogP contribution in [0.1, 0.15) is 53.7 Å². The van der Waals surface area contributed by atoms with Crippen molar-refractivity contribution in [1.82, 2.24) is 24.6 Å². The van der Waals surface area contributed by atoms with Crippen molar-refractivity contribution in [3.8, 4) is 0 Å². The average molecular weight is 469 g/mol. The molecule has 1 N–H and O–H groups in total. The number of halogens is 1. The van der Waals surface area contributed by atoms with Gasteiger partial charge in [-0.1, -0.05) is 12.5 Å². The summed E-state index contributed by atoms with van der Waals surface area (Å²) in [4.78, 5) is 26.0. The molecule has 0 aromatic carbocycles. The standard InChI is InChI=1S/C25H32N6O.ClH/c1-29(25(32)21-11-23(15-27-14-21)30-9-2-3-10-30)17-22-18-31-16-20(7-8-24(31)28-22)13-26-12-19-5-4-6-19;/h7-8,11,14-16,18-19,26H,2-6,9-10,12-13,17H2,1H3;1H. The highest BCUT2D eigenvalue weighted by atomic mass is 35.5. The highest BCUT2D eigenvalue weighted by molar-refractivity contribution is 5.94. The number of carbonyl (C=O) groups is 1. The lowest BCUT2D eigenvalue weighted by Crippen LogP contribution is -2.27. The van der Waals surface area contributed by atoms with Crippen molar-refractivity contribution in [3.63, 3.8) is 0 Å². The Balaban J connectivity index is 0.00000259. The fourth-order valence-corrected chi connectivity index (χ4v) is 4.62. The van der Waals surface area contributed by atoms with E-state index in [-0.39, 0.29) is 18.3 Å². The molecule has 2 aliphatic rings. The van der Waals surface area contributed by atoms with Gasteiger partial charge in [0.15, 0.2) is 0 Å². The van der Waals surface area contributed by atoms with Crippen molar-refractivity contribution >= 4 is 29.6 Å². The van der Waals surface area contributed by atoms with Crippen LogP contribution in [0.15, 0.2) is 43.0 Å². The number of amides is 1. The molecule has 3 aromatic rings. The Morgan fingerprint density at radius 1 is 1.15 bits per heavy atom. The van der Waals surface area contributed by atoms with E-state index < -0.39 is 0 Å². The van der Waals surface area contributed by atoms with E-state index >= 15 is 0 Å². The summed E-state index contributed by atoms with van der Waals surface area (Å²) in [5.41, 5.74) is 4.69. The van der Waals surface area contributed by atoms with Crippen LogP contribution in [0.5, 0.6) is 0 Å². The maximum atomic E-state index is 13.0. The lowest BCUT2D eigenvalue weighted by atomic mass is 9.85. The number of rotatable bonds is 8. The number of nitrogens with one attached hydrogen (secondary N) is 1. The molecule has 176 valence electrons. The molecule has 33 heavy (non-hydrogen) atoms. The molecule has 2 fully saturated rings. The lowest BCUT2D eigenvalue weighted by Gasteiger charge is -2.25. The van der Waals surface area contributed by atoms with E-state index in [1.165, 1.54) is 37.7 Å². The van der Waals surface area contributed by atoms with Crippen LogP contribution in [-0.2, 0) is 13.1 Å². The third kappa shape index (κ3) is 5.47. The summed E-state index contributed by atoms with van der Waals surface area (Å²) in [6, 6.07) is 6.14. The molecule has 5 rings (SSSR count). The molecule has 1 aliphatic heterocycles. The molecular formula is C25H33ClN6O. The van der Waals surface area contributed by atoms with Crippen LogP contribution < -0.4 is 10.2 Å². The number of hydrogen-bond donors (Lipinski definition) is 1. The summed E-state index contributed by atoms with van der Waals surface area (Å²) in [7, 11) is 1.82. The van der Waals surface area contributed by atoms with E-state index in [0.717, 1.165) is 49.1 Å². The SMILES string of the molecule is CN(Cc1cn2cc(CNCC3CCC3)ccc2n1)C(=O)c1cncc(N2CCCC2)c1.Cl. The maximum Gasteiger partial charge on any atom is 0.255 e. The van der Waals surface area contributed by atoms with Crippen LogP contribution in [0, 0.1) is 5.92 Å². The van der Waals surface area contributed by atoms with Crippen LogP contribution >= 0.6 is 12.4 Å². The molecule has 0 unspecified atom stereocenters. The molecule has 0 atom stereocenters. The third-order valence-corrected chi connectivity index (χ3v) is 6.74. The fourth-order valence-electron chi connectivity index (χ4n) is 4.62. The van der Waals surface area contributed by atoms with Gasteiger partial charge in [-0.25, -0.2) is 4.98 Å². The monoisotopic (exact) mass is 468 g/mol. The predicted molar refractivity (Wildman–Crippen MR) is 133 cm³/mol. The Hall–Kier alpha value is -2.64. The Labute approximate surface area is 201 Å². The van der Waals surface area contributed by atoms with Crippen LogP contribution in [0.3, 0.4) is 0 Å². The summed E-state index contributed by atoms with van der Waals surface area (Å²) in [6.07, 6.45) is 14.2. The quantitative estimate of drug-likeness (QED) is 0.543. The lowest BCUT2D eigenvalue weighted by molar-refractivity contribution is 0.0783. The molecular weight excluding hydrogens is 436 g/mol. The molecule has 7 nitrogen and oxygen atoms in total. The van der Waals surface area contributed by atoms with Gasteiger partial charge in [-0.05, 0) is 55.8 Å². The van der Waals surface area contributed by atoms with Gasteiger partial charge in [-0.2, -0.15) is 0 Å². The number of aromatic nitrogens is 3. The first kappa shape index (κ1) is 23.5. The van der Waals surface area contributed by atoms with Crippen molar-refractivity contribution in [3.05, 3.63) is 59.8 Å². The zero-order valence-corrected chi connectivity index (χ0v) is 20.1. The van der Waals surface area contributed by atoms with Gasteiger partial charge in [0, 0.05) is 45.3 Å². The van der Waals surface area contributed by atoms with E-state index in [1.807, 2.05) is 25.5 Å². The minimum Gasteiger partial charge on any atom is -0.370 e. The smallest absolute Gasteiger partial charge is 0.255 e. The summed E-state index contributed by atoms with van der Waals surface area (Å²) >= 11 is 0. The largest absolute Gasteiger partial charge is 0.370 e. The Morgan fingerprint density at radius 3 is 2.73 bits per heavy atom. The molecule has 0 bridgehead atoms. The summed E-state index contributed by atoms with van der Waals surface area (Å²) in [6.45, 7) is 4.51. The first-order valence-electron chi connectivity index (χ1n) is 11.8. The summed E-state index contributed by atoms with van der Waals surface area (Å²) in [5, 5.41) is 3.57. The molecule has 3 aromatic heterocycles. The van der Waals surface area contributed by atoms with Crippen LogP contribution in [0.4, 0.5) is 5.69 Å². The highest BCUT2D eigenvalue weighted by Crippen LogP contribution is 2.25. The second-order valence-corrected chi connectivity index (χ2v) is 9.25. The average Bonchev–Trinajstić information content (AvgIpc) is 3.44. The van der Waals surface area contributed by atoms with Crippen molar-refractivity contribution in [1.29, 1.82) is 0 Å². The van der Waals surface area contributed by atoms with Crippen molar-refractivity contribution in [2.75, 3.05) is 31.6 Å². The minimum absolute atomic E-state index is 0. The van der Waals surface area contributed by atoms with E-state index in [9.17, 15) is 4.79 Å². The van der Waals surface area contributed by atoms with Gasteiger partial charge in [-0.15, -0.1) is 12.4 Å². The predicted octanol–water partition coefficient (Wildman–Crippen LogP) is 3.91. The number of pyridine rings is 2.